The molecule has 0 aliphatic heterocycles. The molecular formula is C20H23BrN2O4. The van der Waals surface area contributed by atoms with Crippen LogP contribution in [0.5, 0.6) is 17.2 Å². The SMILES string of the molecule is COc1cc(Br)cc(C=NNC(=O)COc2ccc(C(C)(C)C)cc2)c1O. The third kappa shape index (κ3) is 5.99. The molecule has 0 bridgehead atoms. The van der Waals surface area contributed by atoms with Gasteiger partial charge in [-0.25, -0.2) is 5.43 Å². The van der Waals surface area contributed by atoms with E-state index in [0.717, 1.165) is 0 Å². The number of phenols is 1. The first-order valence-corrected chi connectivity index (χ1v) is 9.11. The van der Waals surface area contributed by atoms with Crippen LogP contribution in [0.2, 0.25) is 0 Å². The Labute approximate surface area is 167 Å². The normalized spacial score (nSPS) is 11.4. The maximum Gasteiger partial charge on any atom is 0.277 e. The van der Waals surface area contributed by atoms with E-state index in [1.807, 2.05) is 24.3 Å². The number of carbonyl (C=O) groups is 1. The van der Waals surface area contributed by atoms with Gasteiger partial charge in [-0.05, 0) is 35.2 Å². The number of halogens is 1. The Morgan fingerprint density at radius 1 is 1.26 bits per heavy atom. The first kappa shape index (κ1) is 20.8. The predicted molar refractivity (Wildman–Crippen MR) is 109 cm³/mol. The molecule has 6 nitrogen and oxygen atoms in total. The minimum Gasteiger partial charge on any atom is -0.504 e. The zero-order valence-corrected chi connectivity index (χ0v) is 17.3. The fourth-order valence-electron chi connectivity index (χ4n) is 2.25. The minimum atomic E-state index is -0.410. The van der Waals surface area contributed by atoms with Gasteiger partial charge in [-0.15, -0.1) is 0 Å². The Balaban J connectivity index is 1.90. The highest BCUT2D eigenvalue weighted by Gasteiger charge is 2.13. The lowest BCUT2D eigenvalue weighted by Gasteiger charge is -2.19. The van der Waals surface area contributed by atoms with Gasteiger partial charge >= 0.3 is 0 Å². The van der Waals surface area contributed by atoms with Crippen LogP contribution in [0.3, 0.4) is 0 Å². The summed E-state index contributed by atoms with van der Waals surface area (Å²) in [5.41, 5.74) is 4.01. The number of nitrogens with one attached hydrogen (secondary N) is 1. The maximum atomic E-state index is 11.9. The van der Waals surface area contributed by atoms with Gasteiger partial charge < -0.3 is 14.6 Å². The lowest BCUT2D eigenvalue weighted by atomic mass is 9.87. The number of carbonyl (C=O) groups excluding carboxylic acids is 1. The molecule has 0 aliphatic rings. The number of hydrazone groups is 1. The summed E-state index contributed by atoms with van der Waals surface area (Å²) in [6.45, 7) is 6.23. The summed E-state index contributed by atoms with van der Waals surface area (Å²) in [5.74, 6) is 0.442. The summed E-state index contributed by atoms with van der Waals surface area (Å²) in [6, 6.07) is 10.9. The quantitative estimate of drug-likeness (QED) is 0.531. The van der Waals surface area contributed by atoms with Crippen LogP contribution in [0.25, 0.3) is 0 Å². The van der Waals surface area contributed by atoms with Crippen LogP contribution in [0.1, 0.15) is 31.9 Å². The molecule has 0 heterocycles. The lowest BCUT2D eigenvalue weighted by molar-refractivity contribution is -0.123. The molecule has 0 aromatic heterocycles. The molecule has 2 aromatic carbocycles. The van der Waals surface area contributed by atoms with E-state index in [4.69, 9.17) is 9.47 Å². The third-order valence-electron chi connectivity index (χ3n) is 3.77. The van der Waals surface area contributed by atoms with Gasteiger partial charge in [0, 0.05) is 10.0 Å². The van der Waals surface area contributed by atoms with E-state index >= 15 is 0 Å². The molecule has 0 saturated heterocycles. The van der Waals surface area contributed by atoms with Crippen molar-refractivity contribution < 1.29 is 19.4 Å². The van der Waals surface area contributed by atoms with E-state index in [9.17, 15) is 9.90 Å². The summed E-state index contributed by atoms with van der Waals surface area (Å²) < 4.78 is 11.2. The van der Waals surface area contributed by atoms with Crippen LogP contribution in [-0.2, 0) is 10.2 Å². The Kier molecular flexibility index (Phi) is 6.85. The van der Waals surface area contributed by atoms with Crippen LogP contribution in [0.15, 0.2) is 46.0 Å². The van der Waals surface area contributed by atoms with Gasteiger partial charge in [0.1, 0.15) is 5.75 Å². The van der Waals surface area contributed by atoms with Crippen molar-refractivity contribution in [3.63, 3.8) is 0 Å². The number of phenolic OH excluding ortho intramolecular Hbond substituents is 1. The van der Waals surface area contributed by atoms with Gasteiger partial charge in [0.2, 0.25) is 0 Å². The number of amides is 1. The van der Waals surface area contributed by atoms with E-state index in [-0.39, 0.29) is 17.8 Å². The van der Waals surface area contributed by atoms with Crippen LogP contribution in [0.4, 0.5) is 0 Å². The summed E-state index contributed by atoms with van der Waals surface area (Å²) in [6.07, 6.45) is 1.33. The molecule has 2 aromatic rings. The molecule has 2 N–H and O–H groups in total. The Hall–Kier alpha value is -2.54. The van der Waals surface area contributed by atoms with Gasteiger partial charge in [-0.1, -0.05) is 48.8 Å². The monoisotopic (exact) mass is 434 g/mol. The van der Waals surface area contributed by atoms with Gasteiger partial charge in [0.05, 0.1) is 13.3 Å². The molecule has 0 saturated carbocycles. The summed E-state index contributed by atoms with van der Waals surface area (Å²) >= 11 is 3.32. The zero-order valence-electron chi connectivity index (χ0n) is 15.7. The van der Waals surface area contributed by atoms with Gasteiger partial charge in [0.15, 0.2) is 18.1 Å². The molecule has 0 fully saturated rings. The van der Waals surface area contributed by atoms with Crippen molar-refractivity contribution in [1.82, 2.24) is 5.43 Å². The number of nitrogens with zero attached hydrogens (tertiary/aromatic N) is 1. The molecule has 0 atom stereocenters. The smallest absolute Gasteiger partial charge is 0.277 e. The van der Waals surface area contributed by atoms with Crippen LogP contribution in [-0.4, -0.2) is 30.9 Å². The summed E-state index contributed by atoms with van der Waals surface area (Å²) in [7, 11) is 1.45. The molecule has 0 radical (unpaired) electrons. The third-order valence-corrected chi connectivity index (χ3v) is 4.23. The number of benzene rings is 2. The Bertz CT molecular complexity index is 827. The summed E-state index contributed by atoms with van der Waals surface area (Å²) in [5, 5.41) is 13.9. The number of rotatable bonds is 6. The lowest BCUT2D eigenvalue weighted by Crippen LogP contribution is -2.24. The van der Waals surface area contributed by atoms with Crippen molar-refractivity contribution in [2.45, 2.75) is 26.2 Å². The van der Waals surface area contributed by atoms with Crippen molar-refractivity contribution >= 4 is 28.1 Å². The average molecular weight is 435 g/mol. The minimum absolute atomic E-state index is 0.0608. The van der Waals surface area contributed by atoms with Crippen molar-refractivity contribution in [3.05, 3.63) is 52.0 Å². The molecule has 1 amide bonds. The topological polar surface area (TPSA) is 80.2 Å². The second-order valence-electron chi connectivity index (χ2n) is 6.90. The standard InChI is InChI=1S/C20H23BrN2O4/c1-20(2,3)14-5-7-16(8-6-14)27-12-18(24)23-22-11-13-9-15(21)10-17(26-4)19(13)25/h5-11,25H,12H2,1-4H3,(H,23,24). The molecule has 144 valence electrons. The van der Waals surface area contributed by atoms with Crippen molar-refractivity contribution in [3.8, 4) is 17.2 Å². The predicted octanol–water partition coefficient (Wildman–Crippen LogP) is 3.99. The average Bonchev–Trinajstić information content (AvgIpc) is 2.62. The number of hydrogen-bond acceptors (Lipinski definition) is 5. The van der Waals surface area contributed by atoms with Gasteiger partial charge in [0.25, 0.3) is 5.91 Å². The van der Waals surface area contributed by atoms with Crippen LogP contribution in [0, 0.1) is 0 Å². The number of methoxy groups -OCH3 is 1. The second kappa shape index (κ2) is 8.90. The highest BCUT2D eigenvalue weighted by molar-refractivity contribution is 9.10. The molecule has 7 heteroatoms. The first-order valence-electron chi connectivity index (χ1n) is 8.32. The summed E-state index contributed by atoms with van der Waals surface area (Å²) in [4.78, 5) is 11.9. The van der Waals surface area contributed by atoms with E-state index < -0.39 is 5.91 Å². The van der Waals surface area contributed by atoms with E-state index in [1.165, 1.54) is 18.9 Å². The van der Waals surface area contributed by atoms with Crippen molar-refractivity contribution in [2.75, 3.05) is 13.7 Å². The van der Waals surface area contributed by atoms with Gasteiger partial charge in [-0.2, -0.15) is 5.10 Å². The molecule has 27 heavy (non-hydrogen) atoms. The Morgan fingerprint density at radius 2 is 1.93 bits per heavy atom. The zero-order chi connectivity index (χ0) is 20.0. The van der Waals surface area contributed by atoms with E-state index in [0.29, 0.717) is 21.5 Å². The number of aromatic hydroxyl groups is 1. The fourth-order valence-corrected chi connectivity index (χ4v) is 2.71. The van der Waals surface area contributed by atoms with Crippen LogP contribution < -0.4 is 14.9 Å². The molecule has 0 spiro atoms. The van der Waals surface area contributed by atoms with Crippen molar-refractivity contribution in [2.24, 2.45) is 5.10 Å². The fraction of sp³-hybridized carbons (Fsp3) is 0.300. The number of hydrogen-bond donors (Lipinski definition) is 2. The molecule has 2 rings (SSSR count). The maximum absolute atomic E-state index is 11.9. The van der Waals surface area contributed by atoms with E-state index in [1.54, 1.807) is 12.1 Å². The van der Waals surface area contributed by atoms with Crippen molar-refractivity contribution in [1.29, 1.82) is 0 Å². The van der Waals surface area contributed by atoms with E-state index in [2.05, 4.69) is 47.2 Å². The Morgan fingerprint density at radius 3 is 2.52 bits per heavy atom. The molecule has 0 aliphatic carbocycles. The first-order chi connectivity index (χ1) is 12.7. The van der Waals surface area contributed by atoms with Crippen LogP contribution >= 0.6 is 15.9 Å². The largest absolute Gasteiger partial charge is 0.504 e. The van der Waals surface area contributed by atoms with Gasteiger partial charge in [-0.3, -0.25) is 4.79 Å². The second-order valence-corrected chi connectivity index (χ2v) is 7.82. The highest BCUT2D eigenvalue weighted by Crippen LogP contribution is 2.32. The highest BCUT2D eigenvalue weighted by atomic mass is 79.9. The number of ether oxygens (including phenoxy) is 2. The molecular weight excluding hydrogens is 412 g/mol. The molecule has 0 unspecified atom stereocenters.